The van der Waals surface area contributed by atoms with Crippen LogP contribution in [-0.4, -0.2) is 53.7 Å². The molecular formula is C28H28F3N7O4S. The number of ether oxygens (including phenoxy) is 1. The topological polar surface area (TPSA) is 126 Å². The number of H-pyrrole nitrogens is 1. The maximum Gasteiger partial charge on any atom is 0.407 e. The fourth-order valence-electron chi connectivity index (χ4n) is 4.98. The van der Waals surface area contributed by atoms with Crippen LogP contribution in [0.3, 0.4) is 0 Å². The number of sulfonamides is 1. The van der Waals surface area contributed by atoms with Crippen LogP contribution in [0.4, 0.5) is 24.5 Å². The molecule has 0 aliphatic carbocycles. The molecule has 0 amide bonds. The van der Waals surface area contributed by atoms with Gasteiger partial charge in [-0.3, -0.25) is 4.79 Å². The molecule has 226 valence electrons. The highest BCUT2D eigenvalue weighted by atomic mass is 32.2. The van der Waals surface area contributed by atoms with Crippen molar-refractivity contribution < 1.29 is 26.3 Å². The minimum absolute atomic E-state index is 0.103. The smallest absolute Gasteiger partial charge is 0.407 e. The fraction of sp³-hybridized carbons (Fsp3) is 0.357. The molecule has 1 aliphatic heterocycles. The van der Waals surface area contributed by atoms with Crippen LogP contribution in [0.25, 0.3) is 21.7 Å². The van der Waals surface area contributed by atoms with E-state index in [-0.39, 0.29) is 41.7 Å². The van der Waals surface area contributed by atoms with Gasteiger partial charge in [-0.2, -0.15) is 13.2 Å². The SMILES string of the molecule is [C-]#[N+]c1ccc(N2CC(NS(=O)(=O)c3ccc(OCC)c(-c4nn5c(CCC)nc(C)c5c(=O)[nH]4)c3)C2)cc1C(F)(F)F. The Labute approximate surface area is 245 Å². The molecule has 0 atom stereocenters. The summed E-state index contributed by atoms with van der Waals surface area (Å²) in [6.45, 7) is 13.0. The van der Waals surface area contributed by atoms with Crippen LogP contribution in [0.5, 0.6) is 5.75 Å². The van der Waals surface area contributed by atoms with Gasteiger partial charge in [-0.15, -0.1) is 5.10 Å². The number of imidazole rings is 1. The van der Waals surface area contributed by atoms with Crippen LogP contribution in [0, 0.1) is 13.5 Å². The third-order valence-corrected chi connectivity index (χ3v) is 8.53. The number of nitrogens with one attached hydrogen (secondary N) is 2. The quantitative estimate of drug-likeness (QED) is 0.266. The standard InChI is InChI=1S/C28H28F3N7O4S/c1-5-7-24-33-16(3)25-27(39)34-26(35-38(24)25)20-13-19(9-11-23(20)42-6-2)43(40,41)36-17-14-37(15-17)18-8-10-22(32-4)21(12-18)28(29,30)31/h8-13,17,36H,5-7,14-15H2,1-3H3,(H,34,35,39). The summed E-state index contributed by atoms with van der Waals surface area (Å²) in [6, 6.07) is 7.04. The fourth-order valence-corrected chi connectivity index (χ4v) is 6.23. The minimum Gasteiger partial charge on any atom is -0.493 e. The lowest BCUT2D eigenvalue weighted by atomic mass is 10.1. The molecule has 5 rings (SSSR count). The number of aryl methyl sites for hydroxylation is 2. The van der Waals surface area contributed by atoms with E-state index >= 15 is 0 Å². The van der Waals surface area contributed by atoms with Gasteiger partial charge in [0, 0.05) is 25.2 Å². The molecule has 1 fully saturated rings. The summed E-state index contributed by atoms with van der Waals surface area (Å²) in [4.78, 5) is 24.6. The molecule has 43 heavy (non-hydrogen) atoms. The molecule has 15 heteroatoms. The molecule has 2 aromatic heterocycles. The number of nitrogens with zero attached hydrogens (tertiary/aromatic N) is 5. The number of benzene rings is 2. The first-order valence-electron chi connectivity index (χ1n) is 13.5. The second-order valence-electron chi connectivity index (χ2n) is 10.1. The van der Waals surface area contributed by atoms with Crippen LogP contribution in [0.2, 0.25) is 0 Å². The molecule has 0 unspecified atom stereocenters. The van der Waals surface area contributed by atoms with Crippen molar-refractivity contribution in [3.63, 3.8) is 0 Å². The zero-order valence-electron chi connectivity index (χ0n) is 23.5. The summed E-state index contributed by atoms with van der Waals surface area (Å²) in [5.74, 6) is 1.02. The molecule has 2 aromatic carbocycles. The highest BCUT2D eigenvalue weighted by Gasteiger charge is 2.36. The van der Waals surface area contributed by atoms with Crippen LogP contribution < -0.4 is 19.9 Å². The number of rotatable bonds is 9. The number of halogens is 3. The lowest BCUT2D eigenvalue weighted by Gasteiger charge is -2.41. The molecule has 0 spiro atoms. The van der Waals surface area contributed by atoms with E-state index in [1.54, 1.807) is 18.7 Å². The van der Waals surface area contributed by atoms with Crippen molar-refractivity contribution in [2.75, 3.05) is 24.6 Å². The van der Waals surface area contributed by atoms with E-state index in [1.165, 1.54) is 28.8 Å². The van der Waals surface area contributed by atoms with Crippen molar-refractivity contribution in [1.82, 2.24) is 24.3 Å². The Kier molecular flexibility index (Phi) is 7.93. The van der Waals surface area contributed by atoms with E-state index in [2.05, 4.69) is 24.6 Å². The van der Waals surface area contributed by atoms with Gasteiger partial charge < -0.3 is 14.6 Å². The number of alkyl halides is 3. The first-order chi connectivity index (χ1) is 20.4. The van der Waals surface area contributed by atoms with Crippen molar-refractivity contribution in [3.05, 3.63) is 75.3 Å². The van der Waals surface area contributed by atoms with E-state index in [9.17, 15) is 26.4 Å². The van der Waals surface area contributed by atoms with E-state index < -0.39 is 39.1 Å². The van der Waals surface area contributed by atoms with E-state index in [1.807, 2.05) is 6.92 Å². The Morgan fingerprint density at radius 2 is 1.93 bits per heavy atom. The lowest BCUT2D eigenvalue weighted by Crippen LogP contribution is -2.59. The summed E-state index contributed by atoms with van der Waals surface area (Å²) in [7, 11) is -4.09. The van der Waals surface area contributed by atoms with Gasteiger partial charge in [0.2, 0.25) is 10.0 Å². The third kappa shape index (κ3) is 5.80. The molecule has 0 saturated carbocycles. The average Bonchev–Trinajstić information content (AvgIpc) is 3.25. The molecule has 2 N–H and O–H groups in total. The Hall–Kier alpha value is -4.42. The normalized spacial score (nSPS) is 14.1. The third-order valence-electron chi connectivity index (χ3n) is 7.01. The predicted molar refractivity (Wildman–Crippen MR) is 153 cm³/mol. The van der Waals surface area contributed by atoms with Gasteiger partial charge >= 0.3 is 6.18 Å². The Morgan fingerprint density at radius 3 is 2.58 bits per heavy atom. The molecule has 0 radical (unpaired) electrons. The summed E-state index contributed by atoms with van der Waals surface area (Å²) < 4.78 is 76.6. The predicted octanol–water partition coefficient (Wildman–Crippen LogP) is 4.48. The molecule has 0 bridgehead atoms. The van der Waals surface area contributed by atoms with Gasteiger partial charge in [0.15, 0.2) is 17.0 Å². The summed E-state index contributed by atoms with van der Waals surface area (Å²) in [6.07, 6.45) is -3.33. The summed E-state index contributed by atoms with van der Waals surface area (Å²) >= 11 is 0. The first-order valence-corrected chi connectivity index (χ1v) is 15.0. The van der Waals surface area contributed by atoms with Crippen molar-refractivity contribution in [2.45, 2.75) is 50.7 Å². The van der Waals surface area contributed by atoms with E-state index in [0.29, 0.717) is 29.2 Å². The zero-order valence-corrected chi connectivity index (χ0v) is 24.3. The summed E-state index contributed by atoms with van der Waals surface area (Å²) in [5.41, 5.74) is -0.645. The van der Waals surface area contributed by atoms with E-state index in [0.717, 1.165) is 18.6 Å². The molecule has 11 nitrogen and oxygen atoms in total. The average molecular weight is 616 g/mol. The number of anilines is 1. The minimum atomic E-state index is -4.69. The van der Waals surface area contributed by atoms with Gasteiger partial charge in [0.05, 0.1) is 40.9 Å². The zero-order chi connectivity index (χ0) is 31.1. The number of fused-ring (bicyclic) bond motifs is 1. The van der Waals surface area contributed by atoms with Crippen molar-refractivity contribution in [2.24, 2.45) is 0 Å². The van der Waals surface area contributed by atoms with Gasteiger partial charge in [-0.25, -0.2) is 27.5 Å². The van der Waals surface area contributed by atoms with Gasteiger partial charge in [-0.1, -0.05) is 13.0 Å². The Balaban J connectivity index is 1.42. The van der Waals surface area contributed by atoms with Crippen LogP contribution in [-0.2, 0) is 22.6 Å². The highest BCUT2D eigenvalue weighted by Crippen LogP contribution is 2.39. The monoisotopic (exact) mass is 615 g/mol. The number of hydrogen-bond donors (Lipinski definition) is 2. The van der Waals surface area contributed by atoms with E-state index in [4.69, 9.17) is 11.3 Å². The van der Waals surface area contributed by atoms with Crippen LogP contribution >= 0.6 is 0 Å². The molecule has 1 aliphatic rings. The van der Waals surface area contributed by atoms with Gasteiger partial charge in [-0.05, 0) is 50.6 Å². The molecule has 1 saturated heterocycles. The van der Waals surface area contributed by atoms with Gasteiger partial charge in [0.25, 0.3) is 5.56 Å². The van der Waals surface area contributed by atoms with Crippen LogP contribution in [0.15, 0.2) is 46.1 Å². The summed E-state index contributed by atoms with van der Waals surface area (Å²) in [5, 5.41) is 4.58. The number of hydrogen-bond acceptors (Lipinski definition) is 7. The number of aromatic nitrogens is 4. The molecule has 4 aromatic rings. The molecule has 3 heterocycles. The van der Waals surface area contributed by atoms with Crippen molar-refractivity contribution in [1.29, 1.82) is 0 Å². The second kappa shape index (κ2) is 11.3. The highest BCUT2D eigenvalue weighted by molar-refractivity contribution is 7.89. The maximum atomic E-state index is 13.4. The Bertz CT molecular complexity index is 1910. The number of aromatic amines is 1. The molecular weight excluding hydrogens is 587 g/mol. The van der Waals surface area contributed by atoms with Crippen LogP contribution in [0.1, 0.15) is 37.4 Å². The maximum absolute atomic E-state index is 13.4. The van der Waals surface area contributed by atoms with Gasteiger partial charge in [0.1, 0.15) is 11.6 Å². The first kappa shape index (κ1) is 30.1. The largest absolute Gasteiger partial charge is 0.493 e. The van der Waals surface area contributed by atoms with Crippen molar-refractivity contribution >= 4 is 26.9 Å². The van der Waals surface area contributed by atoms with Crippen molar-refractivity contribution in [3.8, 4) is 17.1 Å². The second-order valence-corrected chi connectivity index (χ2v) is 11.8. The lowest BCUT2D eigenvalue weighted by molar-refractivity contribution is -0.136. The Morgan fingerprint density at radius 1 is 1.19 bits per heavy atom.